The summed E-state index contributed by atoms with van der Waals surface area (Å²) in [4.78, 5) is 30.7. The smallest absolute Gasteiger partial charge is 0.254 e. The van der Waals surface area contributed by atoms with Crippen molar-refractivity contribution in [2.24, 2.45) is 5.41 Å². The molecule has 1 unspecified atom stereocenters. The van der Waals surface area contributed by atoms with Crippen LogP contribution in [-0.4, -0.2) is 54.2 Å². The lowest BCUT2D eigenvalue weighted by Crippen LogP contribution is -2.45. The number of hydrogen-bond acceptors (Lipinski definition) is 7. The van der Waals surface area contributed by atoms with Gasteiger partial charge in [0.15, 0.2) is 11.0 Å². The molecule has 2 aromatic carbocycles. The first kappa shape index (κ1) is 35.0. The molecule has 3 N–H and O–H groups in total. The first-order chi connectivity index (χ1) is 22.5. The van der Waals surface area contributed by atoms with Gasteiger partial charge in [-0.2, -0.15) is 4.98 Å². The van der Waals surface area contributed by atoms with Gasteiger partial charge < -0.3 is 19.8 Å². The molecule has 1 fully saturated rings. The summed E-state index contributed by atoms with van der Waals surface area (Å²) in [5, 5.41) is 0. The van der Waals surface area contributed by atoms with Gasteiger partial charge in [0.25, 0.3) is 5.91 Å². The third-order valence-electron chi connectivity index (χ3n) is 8.63. The molecule has 256 valence electrons. The summed E-state index contributed by atoms with van der Waals surface area (Å²) in [7, 11) is -1.73. The van der Waals surface area contributed by atoms with Crippen LogP contribution in [0.4, 0.5) is 5.95 Å². The molecule has 4 aromatic rings. The van der Waals surface area contributed by atoms with Gasteiger partial charge in [-0.15, -0.1) is 0 Å². The van der Waals surface area contributed by atoms with Gasteiger partial charge in [-0.1, -0.05) is 45.0 Å². The second-order valence-corrected chi connectivity index (χ2v) is 15.0. The van der Waals surface area contributed by atoms with Gasteiger partial charge in [-0.3, -0.25) is 14.5 Å². The maximum atomic E-state index is 14.4. The van der Waals surface area contributed by atoms with Gasteiger partial charge in [-0.25, -0.2) is 9.19 Å². The molecule has 3 heterocycles. The Labute approximate surface area is 286 Å². The number of carbonyl (C=O) groups is 1. The number of fused-ring (bicyclic) bond motifs is 4. The number of nitrogens with one attached hydrogen (secondary N) is 1. The second-order valence-electron chi connectivity index (χ2n) is 13.8. The Morgan fingerprint density at radius 3 is 2.44 bits per heavy atom. The van der Waals surface area contributed by atoms with Gasteiger partial charge in [0.05, 0.1) is 41.2 Å². The number of pyridine rings is 1. The standard InChI is InChI=1S/C37H43N5O4S.H2O.H2/c1-24-10-8-11-25(2)34(24)32-19-33-40-36(39-32)41-47(44)31-15-9-12-26(18-31)35(43)42(28(23-45-33)20-37(3,4)5)22-27-16-17-30(21-38-27)46-29-13-6-7-14-29;;/h8-12,15-19,21,28-29H,6-7,13-14,20,22-23H2,1-5H3,(H,39,40,41);1H2;1H/t28-,47?;;/m1../s1. The van der Waals surface area contributed by atoms with Crippen molar-refractivity contribution < 1.29 is 25.4 Å². The Balaban J connectivity index is 0.00000270. The first-order valence-electron chi connectivity index (χ1n) is 16.3. The SMILES string of the molecule is Cc1cccc(C)c1-c1cc2nc(n1)NS(=O)c1cccc(c1)C(=O)N(Cc1ccc(OC3CCCC3)cn1)[C@H](CC(C)(C)C)CO2.O.[HH]. The molecular formula is C37H47N5O5S. The lowest BCUT2D eigenvalue weighted by Gasteiger charge is -2.35. The van der Waals surface area contributed by atoms with Crippen LogP contribution in [0.15, 0.2) is 71.8 Å². The van der Waals surface area contributed by atoms with Gasteiger partial charge in [0, 0.05) is 18.6 Å². The number of carbonyl (C=O) groups excluding carboxylic acids is 1. The van der Waals surface area contributed by atoms with Crippen molar-refractivity contribution in [1.29, 1.82) is 0 Å². The average Bonchev–Trinajstić information content (AvgIpc) is 3.55. The molecule has 6 rings (SSSR count). The highest BCUT2D eigenvalue weighted by Crippen LogP contribution is 2.32. The summed E-state index contributed by atoms with van der Waals surface area (Å²) in [6, 6.07) is 18.3. The lowest BCUT2D eigenvalue weighted by atomic mass is 9.87. The third kappa shape index (κ3) is 8.38. The van der Waals surface area contributed by atoms with E-state index in [4.69, 9.17) is 19.4 Å². The molecule has 1 aliphatic heterocycles. The van der Waals surface area contributed by atoms with Crippen LogP contribution in [0.3, 0.4) is 0 Å². The van der Waals surface area contributed by atoms with Crippen LogP contribution in [-0.2, 0) is 17.5 Å². The number of aryl methyl sites for hydroxylation is 2. The molecule has 10 nitrogen and oxygen atoms in total. The van der Waals surface area contributed by atoms with Crippen molar-refractivity contribution >= 4 is 22.8 Å². The summed E-state index contributed by atoms with van der Waals surface area (Å²) >= 11 is 0. The van der Waals surface area contributed by atoms with E-state index < -0.39 is 11.0 Å². The molecule has 0 saturated heterocycles. The summed E-state index contributed by atoms with van der Waals surface area (Å²) in [6.45, 7) is 11.0. The number of nitrogens with zero attached hydrogens (tertiary/aromatic N) is 4. The Morgan fingerprint density at radius 1 is 1.02 bits per heavy atom. The van der Waals surface area contributed by atoms with E-state index in [0.717, 1.165) is 41.0 Å². The number of amides is 1. The molecule has 1 aliphatic carbocycles. The molecule has 2 aromatic heterocycles. The van der Waals surface area contributed by atoms with Crippen LogP contribution < -0.4 is 14.2 Å². The molecule has 1 saturated carbocycles. The fourth-order valence-electron chi connectivity index (χ4n) is 6.40. The molecular weight excluding hydrogens is 627 g/mol. The molecule has 0 spiro atoms. The van der Waals surface area contributed by atoms with Crippen LogP contribution in [0.2, 0.25) is 0 Å². The number of hydrogen-bond donors (Lipinski definition) is 1. The van der Waals surface area contributed by atoms with Crippen LogP contribution in [0, 0.1) is 19.3 Å². The fourth-order valence-corrected chi connectivity index (χ4v) is 7.22. The van der Waals surface area contributed by atoms with E-state index in [1.165, 1.54) is 12.8 Å². The predicted octanol–water partition coefficient (Wildman–Crippen LogP) is 6.87. The quantitative estimate of drug-likeness (QED) is 0.236. The zero-order valence-electron chi connectivity index (χ0n) is 28.3. The Hall–Kier alpha value is -4.35. The minimum Gasteiger partial charge on any atom is -0.489 e. The lowest BCUT2D eigenvalue weighted by molar-refractivity contribution is 0.0509. The number of benzene rings is 2. The summed E-state index contributed by atoms with van der Waals surface area (Å²) < 4.78 is 29.1. The molecule has 2 atom stereocenters. The van der Waals surface area contributed by atoms with E-state index in [1.54, 1.807) is 30.5 Å². The summed E-state index contributed by atoms with van der Waals surface area (Å²) in [6.07, 6.45) is 7.17. The number of aromatic nitrogens is 3. The van der Waals surface area contributed by atoms with Crippen LogP contribution in [0.25, 0.3) is 11.3 Å². The van der Waals surface area contributed by atoms with E-state index in [1.807, 2.05) is 55.1 Å². The topological polar surface area (TPSA) is 138 Å². The number of rotatable bonds is 6. The van der Waals surface area contributed by atoms with Gasteiger partial charge >= 0.3 is 0 Å². The summed E-state index contributed by atoms with van der Waals surface area (Å²) in [5.41, 5.74) is 4.79. The molecule has 4 bridgehead atoms. The van der Waals surface area contributed by atoms with Crippen molar-refractivity contribution in [3.8, 4) is 22.9 Å². The van der Waals surface area contributed by atoms with E-state index >= 15 is 0 Å². The van der Waals surface area contributed by atoms with E-state index in [2.05, 4.69) is 30.5 Å². The Kier molecular flexibility index (Phi) is 10.8. The zero-order chi connectivity index (χ0) is 33.1. The monoisotopic (exact) mass is 673 g/mol. The van der Waals surface area contributed by atoms with Crippen LogP contribution in [0.1, 0.15) is 81.5 Å². The minimum atomic E-state index is -1.73. The van der Waals surface area contributed by atoms with Crippen molar-refractivity contribution in [2.75, 3.05) is 11.3 Å². The Bertz CT molecular complexity index is 1760. The fraction of sp³-hybridized carbons (Fsp3) is 0.405. The largest absolute Gasteiger partial charge is 0.489 e. The average molecular weight is 674 g/mol. The van der Waals surface area contributed by atoms with E-state index in [0.29, 0.717) is 28.5 Å². The zero-order valence-corrected chi connectivity index (χ0v) is 29.1. The highest BCUT2D eigenvalue weighted by Gasteiger charge is 2.31. The third-order valence-corrected chi connectivity index (χ3v) is 9.68. The van der Waals surface area contributed by atoms with Gasteiger partial charge in [0.2, 0.25) is 11.8 Å². The highest BCUT2D eigenvalue weighted by atomic mass is 32.2. The molecule has 11 heteroatoms. The molecule has 0 radical (unpaired) electrons. The molecule has 1 amide bonds. The minimum absolute atomic E-state index is 0. The van der Waals surface area contributed by atoms with Crippen LogP contribution in [0.5, 0.6) is 11.6 Å². The van der Waals surface area contributed by atoms with E-state index in [-0.39, 0.29) is 49.5 Å². The summed E-state index contributed by atoms with van der Waals surface area (Å²) in [5.74, 6) is 1.07. The number of anilines is 1. The maximum Gasteiger partial charge on any atom is 0.254 e. The molecule has 2 aliphatic rings. The first-order valence-corrected chi connectivity index (χ1v) is 17.5. The second kappa shape index (κ2) is 14.8. The normalized spacial score (nSPS) is 18.4. The predicted molar refractivity (Wildman–Crippen MR) is 189 cm³/mol. The van der Waals surface area contributed by atoms with Crippen molar-refractivity contribution in [1.82, 2.24) is 19.9 Å². The van der Waals surface area contributed by atoms with Crippen LogP contribution >= 0.6 is 0 Å². The number of ether oxygens (including phenoxy) is 2. The Morgan fingerprint density at radius 2 is 1.75 bits per heavy atom. The van der Waals surface area contributed by atoms with Crippen molar-refractivity contribution in [2.45, 2.75) is 90.3 Å². The van der Waals surface area contributed by atoms with Crippen molar-refractivity contribution in [3.63, 3.8) is 0 Å². The van der Waals surface area contributed by atoms with Crippen molar-refractivity contribution in [3.05, 3.63) is 89.2 Å². The molecule has 48 heavy (non-hydrogen) atoms. The van der Waals surface area contributed by atoms with E-state index in [9.17, 15) is 9.00 Å². The maximum absolute atomic E-state index is 14.4. The highest BCUT2D eigenvalue weighted by molar-refractivity contribution is 7.86. The van der Waals surface area contributed by atoms with Gasteiger partial charge in [0.1, 0.15) is 12.4 Å². The van der Waals surface area contributed by atoms with Gasteiger partial charge in [-0.05, 0) is 92.8 Å².